The summed E-state index contributed by atoms with van der Waals surface area (Å²) in [5, 5.41) is 7.06. The lowest BCUT2D eigenvalue weighted by Crippen LogP contribution is -2.23. The van der Waals surface area contributed by atoms with Crippen molar-refractivity contribution in [3.05, 3.63) is 63.1 Å². The summed E-state index contributed by atoms with van der Waals surface area (Å²) in [5.74, 6) is -0.258. The van der Waals surface area contributed by atoms with Crippen molar-refractivity contribution in [1.29, 1.82) is 0 Å². The van der Waals surface area contributed by atoms with Crippen LogP contribution in [0, 0.1) is 0 Å². The van der Waals surface area contributed by atoms with Crippen molar-refractivity contribution in [2.75, 3.05) is 11.9 Å². The molecule has 0 atom stereocenters. The van der Waals surface area contributed by atoms with Gasteiger partial charge in [-0.1, -0.05) is 29.3 Å². The average Bonchev–Trinajstić information content (AvgIpc) is 2.49. The third kappa shape index (κ3) is 3.21. The van der Waals surface area contributed by atoms with E-state index in [9.17, 15) is 4.79 Å². The van der Waals surface area contributed by atoms with E-state index in [1.54, 1.807) is 18.2 Å². The minimum absolute atomic E-state index is 0.258. The normalized spacial score (nSPS) is 13.6. The molecule has 2 aromatic rings. The van der Waals surface area contributed by atoms with Crippen LogP contribution in [0.15, 0.2) is 36.4 Å². The quantitative estimate of drug-likeness (QED) is 0.881. The van der Waals surface area contributed by atoms with Crippen molar-refractivity contribution in [2.24, 2.45) is 0 Å². The van der Waals surface area contributed by atoms with Crippen LogP contribution in [-0.4, -0.2) is 12.5 Å². The summed E-state index contributed by atoms with van der Waals surface area (Å²) in [5.41, 5.74) is 3.68. The summed E-state index contributed by atoms with van der Waals surface area (Å²) < 4.78 is 0. The van der Waals surface area contributed by atoms with Crippen LogP contribution in [0.3, 0.4) is 0 Å². The molecule has 0 aromatic heterocycles. The zero-order chi connectivity index (χ0) is 14.8. The Morgan fingerprint density at radius 1 is 1.10 bits per heavy atom. The van der Waals surface area contributed by atoms with Gasteiger partial charge in [0.15, 0.2) is 0 Å². The fraction of sp³-hybridized carbons (Fsp3) is 0.188. The molecule has 1 aliphatic heterocycles. The Bertz CT molecular complexity index is 701. The van der Waals surface area contributed by atoms with Gasteiger partial charge >= 0.3 is 0 Å². The second kappa shape index (κ2) is 6.06. The maximum Gasteiger partial charge on any atom is 0.257 e. The molecular formula is C16H14Cl2N2O. The maximum absolute atomic E-state index is 12.3. The van der Waals surface area contributed by atoms with Gasteiger partial charge in [-0.3, -0.25) is 4.79 Å². The first kappa shape index (κ1) is 14.4. The van der Waals surface area contributed by atoms with Crippen LogP contribution in [0.5, 0.6) is 0 Å². The highest BCUT2D eigenvalue weighted by atomic mass is 35.5. The molecule has 0 aliphatic carbocycles. The number of hydrogen-bond donors (Lipinski definition) is 2. The zero-order valence-electron chi connectivity index (χ0n) is 11.2. The summed E-state index contributed by atoms with van der Waals surface area (Å²) in [6.45, 7) is 1.83. The van der Waals surface area contributed by atoms with Crippen LogP contribution in [0.1, 0.15) is 21.5 Å². The molecule has 21 heavy (non-hydrogen) atoms. The van der Waals surface area contributed by atoms with Gasteiger partial charge < -0.3 is 10.6 Å². The largest absolute Gasteiger partial charge is 0.322 e. The lowest BCUT2D eigenvalue weighted by Gasteiger charge is -2.18. The molecule has 0 saturated heterocycles. The summed E-state index contributed by atoms with van der Waals surface area (Å²) in [4.78, 5) is 12.3. The van der Waals surface area contributed by atoms with E-state index in [1.807, 2.05) is 12.1 Å². The van der Waals surface area contributed by atoms with Crippen LogP contribution in [0.4, 0.5) is 5.69 Å². The second-order valence-corrected chi connectivity index (χ2v) is 5.83. The summed E-state index contributed by atoms with van der Waals surface area (Å²) in [6, 6.07) is 10.8. The van der Waals surface area contributed by atoms with Crippen molar-refractivity contribution in [3.8, 4) is 0 Å². The molecule has 0 spiro atoms. The molecule has 1 amide bonds. The monoisotopic (exact) mass is 320 g/mol. The van der Waals surface area contributed by atoms with E-state index in [1.165, 1.54) is 11.1 Å². The molecule has 108 valence electrons. The molecule has 1 aliphatic rings. The highest BCUT2D eigenvalue weighted by Gasteiger charge is 2.13. The molecule has 0 unspecified atom stereocenters. The zero-order valence-corrected chi connectivity index (χ0v) is 12.8. The predicted molar refractivity (Wildman–Crippen MR) is 86.3 cm³/mol. The fourth-order valence-electron chi connectivity index (χ4n) is 2.43. The molecule has 1 heterocycles. The van der Waals surface area contributed by atoms with Crippen LogP contribution in [0.25, 0.3) is 0 Å². The molecule has 0 fully saturated rings. The minimum Gasteiger partial charge on any atom is -0.322 e. The first-order chi connectivity index (χ1) is 10.1. The number of amides is 1. The smallest absolute Gasteiger partial charge is 0.257 e. The number of nitrogens with one attached hydrogen (secondary N) is 2. The molecule has 3 nitrogen and oxygen atoms in total. The topological polar surface area (TPSA) is 41.1 Å². The Labute approximate surface area is 133 Å². The van der Waals surface area contributed by atoms with Crippen molar-refractivity contribution < 1.29 is 4.79 Å². The van der Waals surface area contributed by atoms with Crippen molar-refractivity contribution in [1.82, 2.24) is 5.32 Å². The maximum atomic E-state index is 12.3. The van der Waals surface area contributed by atoms with Gasteiger partial charge in [0.05, 0.1) is 10.6 Å². The summed E-state index contributed by atoms with van der Waals surface area (Å²) in [6.07, 6.45) is 1.02. The van der Waals surface area contributed by atoms with Crippen molar-refractivity contribution in [3.63, 3.8) is 0 Å². The van der Waals surface area contributed by atoms with E-state index in [0.29, 0.717) is 15.6 Å². The van der Waals surface area contributed by atoms with E-state index in [4.69, 9.17) is 23.2 Å². The van der Waals surface area contributed by atoms with Crippen molar-refractivity contribution >= 4 is 34.8 Å². The Morgan fingerprint density at radius 2 is 1.95 bits per heavy atom. The number of anilines is 1. The van der Waals surface area contributed by atoms with Crippen LogP contribution >= 0.6 is 23.2 Å². The van der Waals surface area contributed by atoms with Gasteiger partial charge in [-0.25, -0.2) is 0 Å². The highest BCUT2D eigenvalue weighted by molar-refractivity contribution is 6.36. The van der Waals surface area contributed by atoms with E-state index in [2.05, 4.69) is 16.7 Å². The lowest BCUT2D eigenvalue weighted by atomic mass is 10.0. The third-order valence-corrected chi connectivity index (χ3v) is 4.09. The highest BCUT2D eigenvalue weighted by Crippen LogP contribution is 2.23. The van der Waals surface area contributed by atoms with Gasteiger partial charge in [-0.15, -0.1) is 0 Å². The van der Waals surface area contributed by atoms with Crippen LogP contribution in [-0.2, 0) is 13.0 Å². The molecule has 0 radical (unpaired) electrons. The van der Waals surface area contributed by atoms with Crippen LogP contribution in [0.2, 0.25) is 10.0 Å². The average molecular weight is 321 g/mol. The Kier molecular flexibility index (Phi) is 4.15. The molecular weight excluding hydrogens is 307 g/mol. The van der Waals surface area contributed by atoms with Gasteiger partial charge in [0, 0.05) is 17.3 Å². The molecule has 0 bridgehead atoms. The summed E-state index contributed by atoms with van der Waals surface area (Å²) in [7, 11) is 0. The number of carbonyl (C=O) groups is 1. The van der Waals surface area contributed by atoms with E-state index in [0.717, 1.165) is 25.2 Å². The number of benzene rings is 2. The number of halogens is 2. The molecule has 0 saturated carbocycles. The Hall–Kier alpha value is -1.55. The molecule has 2 N–H and O–H groups in total. The molecule has 2 aromatic carbocycles. The fourth-order valence-corrected chi connectivity index (χ4v) is 2.80. The van der Waals surface area contributed by atoms with Gasteiger partial charge in [-0.2, -0.15) is 0 Å². The van der Waals surface area contributed by atoms with E-state index >= 15 is 0 Å². The first-order valence-electron chi connectivity index (χ1n) is 6.72. The van der Waals surface area contributed by atoms with E-state index < -0.39 is 0 Å². The Morgan fingerprint density at radius 3 is 2.81 bits per heavy atom. The number of carbonyl (C=O) groups excluding carboxylic acids is 1. The lowest BCUT2D eigenvalue weighted by molar-refractivity contribution is 0.102. The van der Waals surface area contributed by atoms with Crippen LogP contribution < -0.4 is 10.6 Å². The predicted octanol–water partition coefficient (Wildman–Crippen LogP) is 3.89. The first-order valence-corrected chi connectivity index (χ1v) is 7.48. The van der Waals surface area contributed by atoms with E-state index in [-0.39, 0.29) is 5.91 Å². The van der Waals surface area contributed by atoms with Crippen molar-refractivity contribution in [2.45, 2.75) is 13.0 Å². The number of hydrogen-bond acceptors (Lipinski definition) is 2. The number of fused-ring (bicyclic) bond motifs is 1. The van der Waals surface area contributed by atoms with Gasteiger partial charge in [-0.05, 0) is 54.4 Å². The second-order valence-electron chi connectivity index (χ2n) is 4.99. The van der Waals surface area contributed by atoms with Gasteiger partial charge in [0.25, 0.3) is 5.91 Å². The Balaban J connectivity index is 1.83. The standard InChI is InChI=1S/C16H14Cl2N2O/c17-12-2-4-15(18)14(8-12)16(21)20-13-3-1-10-5-6-19-9-11(10)7-13/h1-4,7-8,19H,5-6,9H2,(H,20,21). The van der Waals surface area contributed by atoms with Gasteiger partial charge in [0.1, 0.15) is 0 Å². The molecule has 5 heteroatoms. The third-order valence-electron chi connectivity index (χ3n) is 3.52. The SMILES string of the molecule is O=C(Nc1ccc2c(c1)CNCC2)c1cc(Cl)ccc1Cl. The number of rotatable bonds is 2. The van der Waals surface area contributed by atoms with Gasteiger partial charge in [0.2, 0.25) is 0 Å². The minimum atomic E-state index is -0.258. The summed E-state index contributed by atoms with van der Waals surface area (Å²) >= 11 is 12.0. The molecule has 3 rings (SSSR count).